The summed E-state index contributed by atoms with van der Waals surface area (Å²) in [5.74, 6) is -1.10. The number of urea groups is 1. The molecule has 4 N–H and O–H groups in total. The number of fused-ring (bicyclic) bond motifs is 1. The molecule has 10 heteroatoms. The molecule has 2 heterocycles. The lowest BCUT2D eigenvalue weighted by Crippen LogP contribution is -2.60. The third-order valence-electron chi connectivity index (χ3n) is 5.76. The van der Waals surface area contributed by atoms with E-state index in [9.17, 15) is 19.2 Å². The summed E-state index contributed by atoms with van der Waals surface area (Å²) in [5, 5.41) is 11.6. The van der Waals surface area contributed by atoms with Crippen LogP contribution >= 0.6 is 11.6 Å². The highest BCUT2D eigenvalue weighted by molar-refractivity contribution is 6.31. The molecule has 2 aromatic carbocycles. The molecule has 1 fully saturated rings. The normalized spacial score (nSPS) is 20.0. The van der Waals surface area contributed by atoms with Crippen LogP contribution in [0.5, 0.6) is 0 Å². The smallest absolute Gasteiger partial charge is 0.319 e. The quantitative estimate of drug-likeness (QED) is 0.513. The first-order valence-corrected chi connectivity index (χ1v) is 11.0. The fourth-order valence-electron chi connectivity index (χ4n) is 4.00. The van der Waals surface area contributed by atoms with Gasteiger partial charge in [0.25, 0.3) is 5.91 Å². The maximum absolute atomic E-state index is 13.3. The zero-order valence-electron chi connectivity index (χ0n) is 18.2. The molecular formula is C23H24ClN5O4. The van der Waals surface area contributed by atoms with E-state index in [1.807, 2.05) is 19.1 Å². The first kappa shape index (κ1) is 22.6. The van der Waals surface area contributed by atoms with Gasteiger partial charge in [-0.15, -0.1) is 0 Å². The molecule has 4 rings (SSSR count). The highest BCUT2D eigenvalue weighted by Crippen LogP contribution is 2.29. The van der Waals surface area contributed by atoms with Crippen LogP contribution in [-0.4, -0.2) is 40.9 Å². The number of nitrogens with zero attached hydrogens (tertiary/aromatic N) is 1. The van der Waals surface area contributed by atoms with Gasteiger partial charge in [0.05, 0.1) is 11.7 Å². The van der Waals surface area contributed by atoms with Gasteiger partial charge in [0.15, 0.2) is 0 Å². The fraction of sp³-hybridized carbons (Fsp3) is 0.304. The van der Waals surface area contributed by atoms with E-state index in [4.69, 9.17) is 11.6 Å². The molecule has 9 nitrogen and oxygen atoms in total. The maximum atomic E-state index is 13.3. The number of amides is 5. The molecule has 0 aromatic heterocycles. The van der Waals surface area contributed by atoms with E-state index in [0.717, 1.165) is 11.1 Å². The monoisotopic (exact) mass is 469 g/mol. The van der Waals surface area contributed by atoms with Crippen molar-refractivity contribution in [2.45, 2.75) is 45.4 Å². The van der Waals surface area contributed by atoms with Crippen molar-refractivity contribution in [1.29, 1.82) is 0 Å². The van der Waals surface area contributed by atoms with Crippen LogP contribution in [0.2, 0.25) is 5.02 Å². The second kappa shape index (κ2) is 9.11. The Kier molecular flexibility index (Phi) is 6.24. The Morgan fingerprint density at radius 1 is 1.18 bits per heavy atom. The van der Waals surface area contributed by atoms with E-state index in [2.05, 4.69) is 21.3 Å². The summed E-state index contributed by atoms with van der Waals surface area (Å²) < 4.78 is 0. The molecule has 2 aliphatic rings. The molecule has 0 spiro atoms. The second-order valence-corrected chi connectivity index (χ2v) is 8.56. The van der Waals surface area contributed by atoms with Gasteiger partial charge >= 0.3 is 6.03 Å². The predicted molar refractivity (Wildman–Crippen MR) is 124 cm³/mol. The van der Waals surface area contributed by atoms with Gasteiger partial charge in [0, 0.05) is 29.4 Å². The largest absolute Gasteiger partial charge is 0.365 e. The van der Waals surface area contributed by atoms with Gasteiger partial charge in [-0.05, 0) is 55.7 Å². The van der Waals surface area contributed by atoms with Gasteiger partial charge < -0.3 is 20.9 Å². The van der Waals surface area contributed by atoms with E-state index in [1.54, 1.807) is 31.2 Å². The Balaban J connectivity index is 1.44. The molecule has 172 valence electrons. The third-order valence-corrected chi connectivity index (χ3v) is 6.17. The van der Waals surface area contributed by atoms with Crippen LogP contribution in [0.4, 0.5) is 16.2 Å². The number of rotatable bonds is 4. The molecule has 5 amide bonds. The highest BCUT2D eigenvalue weighted by Gasteiger charge is 2.40. The molecule has 0 saturated carbocycles. The van der Waals surface area contributed by atoms with Crippen molar-refractivity contribution in [3.63, 3.8) is 0 Å². The lowest BCUT2D eigenvalue weighted by molar-refractivity contribution is -0.137. The van der Waals surface area contributed by atoms with Crippen molar-refractivity contribution in [3.05, 3.63) is 58.1 Å². The molecular weight excluding hydrogens is 446 g/mol. The van der Waals surface area contributed by atoms with Crippen LogP contribution < -0.4 is 21.3 Å². The molecule has 33 heavy (non-hydrogen) atoms. The van der Waals surface area contributed by atoms with Gasteiger partial charge in [0.2, 0.25) is 11.8 Å². The number of benzene rings is 2. The lowest BCUT2D eigenvalue weighted by atomic mass is 9.98. The van der Waals surface area contributed by atoms with Crippen LogP contribution in [0.1, 0.15) is 41.3 Å². The maximum Gasteiger partial charge on any atom is 0.319 e. The van der Waals surface area contributed by atoms with Crippen molar-refractivity contribution in [2.24, 2.45) is 0 Å². The molecule has 1 saturated heterocycles. The number of piperidine rings is 1. The van der Waals surface area contributed by atoms with Crippen molar-refractivity contribution >= 4 is 46.7 Å². The lowest BCUT2D eigenvalue weighted by Gasteiger charge is -2.41. The Labute approximate surface area is 195 Å². The van der Waals surface area contributed by atoms with Crippen LogP contribution in [0, 0.1) is 6.92 Å². The summed E-state index contributed by atoms with van der Waals surface area (Å²) >= 11 is 6.09. The first-order chi connectivity index (χ1) is 15.7. The predicted octanol–water partition coefficient (Wildman–Crippen LogP) is 2.99. The van der Waals surface area contributed by atoms with E-state index in [0.29, 0.717) is 22.0 Å². The van der Waals surface area contributed by atoms with Gasteiger partial charge in [-0.3, -0.25) is 19.7 Å². The number of aryl methyl sites for hydroxylation is 1. The Morgan fingerprint density at radius 2 is 1.97 bits per heavy atom. The molecule has 2 aliphatic heterocycles. The number of carbonyl (C=O) groups is 4. The van der Waals surface area contributed by atoms with Crippen molar-refractivity contribution < 1.29 is 19.2 Å². The van der Waals surface area contributed by atoms with Crippen LogP contribution in [-0.2, 0) is 16.1 Å². The Bertz CT molecular complexity index is 1150. The van der Waals surface area contributed by atoms with Gasteiger partial charge in [-0.25, -0.2) is 4.79 Å². The standard InChI is InChI=1S/C23H24ClN5O4/c1-12-3-5-15(10-17(12)24)27-23(33)25-11-14-4-6-18-16(9-14)22(32)29(13(2)26-18)19-7-8-20(30)28-21(19)31/h3-6,9-10,13,19,26H,7-8,11H2,1-2H3,(H2,25,27,33)(H,28,30,31). The summed E-state index contributed by atoms with van der Waals surface area (Å²) in [6, 6.07) is 9.40. The first-order valence-electron chi connectivity index (χ1n) is 10.6. The van der Waals surface area contributed by atoms with Gasteiger partial charge in [-0.2, -0.15) is 0 Å². The number of carbonyl (C=O) groups excluding carboxylic acids is 4. The number of hydrogen-bond acceptors (Lipinski definition) is 5. The number of anilines is 2. The third kappa shape index (κ3) is 4.78. The minimum atomic E-state index is -0.722. The molecule has 2 unspecified atom stereocenters. The fourth-order valence-corrected chi connectivity index (χ4v) is 4.18. The minimum Gasteiger partial charge on any atom is -0.365 e. The topological polar surface area (TPSA) is 120 Å². The second-order valence-electron chi connectivity index (χ2n) is 8.15. The van der Waals surface area contributed by atoms with Crippen molar-refractivity contribution in [1.82, 2.24) is 15.5 Å². The zero-order valence-corrected chi connectivity index (χ0v) is 19.0. The average Bonchev–Trinajstić information content (AvgIpc) is 2.76. The average molecular weight is 470 g/mol. The highest BCUT2D eigenvalue weighted by atomic mass is 35.5. The SMILES string of the molecule is Cc1ccc(NC(=O)NCc2ccc3c(c2)C(=O)N(C2CCC(=O)NC2=O)C(C)N3)cc1Cl. The van der Waals surface area contributed by atoms with Crippen molar-refractivity contribution in [2.75, 3.05) is 10.6 Å². The molecule has 0 bridgehead atoms. The summed E-state index contributed by atoms with van der Waals surface area (Å²) in [6.07, 6.45) is 0.0535. The van der Waals surface area contributed by atoms with Gasteiger partial charge in [-0.1, -0.05) is 23.7 Å². The van der Waals surface area contributed by atoms with E-state index < -0.39 is 24.1 Å². The zero-order chi connectivity index (χ0) is 23.7. The summed E-state index contributed by atoms with van der Waals surface area (Å²) in [4.78, 5) is 50.8. The number of nitrogens with one attached hydrogen (secondary N) is 4. The van der Waals surface area contributed by atoms with Crippen LogP contribution in [0.15, 0.2) is 36.4 Å². The molecule has 2 aromatic rings. The number of imide groups is 1. The summed E-state index contributed by atoms with van der Waals surface area (Å²) in [7, 11) is 0. The van der Waals surface area contributed by atoms with E-state index in [1.165, 1.54) is 4.90 Å². The molecule has 0 aliphatic carbocycles. The van der Waals surface area contributed by atoms with E-state index >= 15 is 0 Å². The minimum absolute atomic E-state index is 0.186. The summed E-state index contributed by atoms with van der Waals surface area (Å²) in [6.45, 7) is 3.86. The Morgan fingerprint density at radius 3 is 2.70 bits per heavy atom. The number of hydrogen-bond donors (Lipinski definition) is 4. The Hall–Kier alpha value is -3.59. The van der Waals surface area contributed by atoms with Gasteiger partial charge in [0.1, 0.15) is 6.04 Å². The molecule has 2 atom stereocenters. The molecule has 0 radical (unpaired) electrons. The number of halogens is 1. The van der Waals surface area contributed by atoms with E-state index in [-0.39, 0.29) is 31.2 Å². The van der Waals surface area contributed by atoms with Crippen LogP contribution in [0.25, 0.3) is 0 Å². The van der Waals surface area contributed by atoms with Crippen molar-refractivity contribution in [3.8, 4) is 0 Å². The van der Waals surface area contributed by atoms with Crippen LogP contribution in [0.3, 0.4) is 0 Å². The summed E-state index contributed by atoms with van der Waals surface area (Å²) in [5.41, 5.74) is 3.26.